The highest BCUT2D eigenvalue weighted by Crippen LogP contribution is 2.25. The minimum absolute atomic E-state index is 0.00969. The van der Waals surface area contributed by atoms with Gasteiger partial charge in [-0.2, -0.15) is 5.10 Å². The Morgan fingerprint density at radius 3 is 2.80 bits per heavy atom. The fourth-order valence-corrected chi connectivity index (χ4v) is 3.79. The molecule has 0 bridgehead atoms. The first-order chi connectivity index (χ1) is 11.9. The molecule has 2 fully saturated rings. The van der Waals surface area contributed by atoms with Crippen molar-refractivity contribution in [2.75, 3.05) is 6.54 Å². The summed E-state index contributed by atoms with van der Waals surface area (Å²) in [6.07, 6.45) is 3.43. The largest absolute Gasteiger partial charge is 0.342 e. The number of fused-ring (bicyclic) bond motifs is 1. The van der Waals surface area contributed by atoms with Gasteiger partial charge in [-0.05, 0) is 32.6 Å². The van der Waals surface area contributed by atoms with Crippen LogP contribution in [-0.4, -0.2) is 51.2 Å². The zero-order valence-electron chi connectivity index (χ0n) is 15.6. The minimum Gasteiger partial charge on any atom is -0.342 e. The normalized spacial score (nSPS) is 26.3. The van der Waals surface area contributed by atoms with E-state index in [9.17, 15) is 9.59 Å². The molecule has 3 heterocycles. The number of aryl methyl sites for hydroxylation is 2. The van der Waals surface area contributed by atoms with Gasteiger partial charge in [-0.3, -0.25) is 14.3 Å². The molecule has 25 heavy (non-hydrogen) atoms. The average molecular weight is 347 g/mol. The summed E-state index contributed by atoms with van der Waals surface area (Å²) >= 11 is 0. The molecule has 0 spiro atoms. The van der Waals surface area contributed by atoms with Crippen molar-refractivity contribution in [2.24, 2.45) is 5.92 Å². The van der Waals surface area contributed by atoms with E-state index in [2.05, 4.69) is 42.7 Å². The average Bonchev–Trinajstić information content (AvgIpc) is 3.14. The molecule has 7 nitrogen and oxygen atoms in total. The summed E-state index contributed by atoms with van der Waals surface area (Å²) in [6.45, 7) is 10.4. The number of hydrogen-bond donors (Lipinski definition) is 2. The van der Waals surface area contributed by atoms with Gasteiger partial charge in [-0.25, -0.2) is 0 Å². The summed E-state index contributed by atoms with van der Waals surface area (Å²) in [7, 11) is 0. The van der Waals surface area contributed by atoms with Crippen LogP contribution in [0.15, 0.2) is 6.20 Å². The zero-order chi connectivity index (χ0) is 18.1. The number of aromatic nitrogens is 2. The molecule has 3 rings (SSSR count). The molecule has 7 heteroatoms. The number of nitrogens with zero attached hydrogens (tertiary/aromatic N) is 3. The minimum atomic E-state index is -0.368. The van der Waals surface area contributed by atoms with Crippen molar-refractivity contribution in [3.05, 3.63) is 17.5 Å². The Morgan fingerprint density at radius 1 is 1.40 bits per heavy atom. The molecule has 1 aromatic heterocycles. The molecule has 1 aromatic rings. The number of amides is 2. The van der Waals surface area contributed by atoms with Crippen molar-refractivity contribution in [2.45, 2.75) is 71.8 Å². The third-order valence-electron chi connectivity index (χ3n) is 5.16. The Bertz CT molecular complexity index is 654. The Kier molecular flexibility index (Phi) is 5.13. The maximum Gasteiger partial charge on any atom is 0.245 e. The molecule has 2 aliphatic rings. The molecule has 3 atom stereocenters. The van der Waals surface area contributed by atoms with Gasteiger partial charge in [-0.15, -0.1) is 0 Å². The number of hydrogen-bond acceptors (Lipinski definition) is 4. The smallest absolute Gasteiger partial charge is 0.245 e. The van der Waals surface area contributed by atoms with E-state index in [1.54, 1.807) is 4.90 Å². The first-order valence-electron chi connectivity index (χ1n) is 9.26. The van der Waals surface area contributed by atoms with Crippen molar-refractivity contribution in [1.29, 1.82) is 0 Å². The summed E-state index contributed by atoms with van der Waals surface area (Å²) in [4.78, 5) is 26.8. The van der Waals surface area contributed by atoms with Crippen LogP contribution in [0.3, 0.4) is 0 Å². The van der Waals surface area contributed by atoms with Gasteiger partial charge in [0, 0.05) is 37.4 Å². The van der Waals surface area contributed by atoms with Gasteiger partial charge in [0.2, 0.25) is 11.8 Å². The van der Waals surface area contributed by atoms with Crippen molar-refractivity contribution in [3.63, 3.8) is 0 Å². The first-order valence-corrected chi connectivity index (χ1v) is 9.26. The van der Waals surface area contributed by atoms with Gasteiger partial charge in [0.25, 0.3) is 0 Å². The van der Waals surface area contributed by atoms with E-state index in [0.29, 0.717) is 31.8 Å². The van der Waals surface area contributed by atoms with Crippen LogP contribution in [0.4, 0.5) is 0 Å². The topological polar surface area (TPSA) is 79.3 Å². The van der Waals surface area contributed by atoms with Crippen LogP contribution in [0.1, 0.15) is 44.9 Å². The maximum absolute atomic E-state index is 12.7. The fraction of sp³-hybridized carbons (Fsp3) is 0.722. The SMILES string of the molecule is CCn1cc(CN[C@H]2C[C@H]3C(=O)N[C@@H](CC(C)C)C(=O)N3C2)c(C)n1. The lowest BCUT2D eigenvalue weighted by Gasteiger charge is -2.35. The number of carbonyl (C=O) groups excluding carboxylic acids is 2. The van der Waals surface area contributed by atoms with E-state index in [1.807, 2.05) is 11.6 Å². The predicted octanol–water partition coefficient (Wildman–Crippen LogP) is 0.815. The highest BCUT2D eigenvalue weighted by molar-refractivity contribution is 5.97. The van der Waals surface area contributed by atoms with Gasteiger partial charge < -0.3 is 15.5 Å². The van der Waals surface area contributed by atoms with Crippen LogP contribution >= 0.6 is 0 Å². The van der Waals surface area contributed by atoms with Crippen LogP contribution in [-0.2, 0) is 22.7 Å². The third-order valence-corrected chi connectivity index (χ3v) is 5.16. The van der Waals surface area contributed by atoms with Gasteiger partial charge in [-0.1, -0.05) is 13.8 Å². The van der Waals surface area contributed by atoms with E-state index < -0.39 is 0 Å². The number of rotatable bonds is 6. The van der Waals surface area contributed by atoms with Crippen molar-refractivity contribution < 1.29 is 9.59 Å². The molecule has 0 radical (unpaired) electrons. The van der Waals surface area contributed by atoms with Crippen LogP contribution in [0.5, 0.6) is 0 Å². The number of carbonyl (C=O) groups is 2. The summed E-state index contributed by atoms with van der Waals surface area (Å²) < 4.78 is 1.93. The summed E-state index contributed by atoms with van der Waals surface area (Å²) in [6, 6.07) is -0.553. The van der Waals surface area contributed by atoms with E-state index in [-0.39, 0.29) is 29.9 Å². The van der Waals surface area contributed by atoms with Gasteiger partial charge in [0.15, 0.2) is 0 Å². The highest BCUT2D eigenvalue weighted by Gasteiger charge is 2.46. The lowest BCUT2D eigenvalue weighted by molar-refractivity contribution is -0.147. The van der Waals surface area contributed by atoms with Crippen LogP contribution < -0.4 is 10.6 Å². The maximum atomic E-state index is 12.7. The van der Waals surface area contributed by atoms with Crippen molar-refractivity contribution >= 4 is 11.8 Å². The molecular weight excluding hydrogens is 318 g/mol. The van der Waals surface area contributed by atoms with E-state index in [1.165, 1.54) is 5.56 Å². The van der Waals surface area contributed by atoms with Gasteiger partial charge in [0.05, 0.1) is 5.69 Å². The standard InChI is InChI=1S/C18H29N5O2/c1-5-22-9-13(12(4)21-22)8-19-14-7-16-17(24)20-15(6-11(2)3)18(25)23(16)10-14/h9,11,14-16,19H,5-8,10H2,1-4H3,(H,20,24)/t14-,15-,16-/m0/s1. The van der Waals surface area contributed by atoms with E-state index >= 15 is 0 Å². The quantitative estimate of drug-likeness (QED) is 0.798. The predicted molar refractivity (Wildman–Crippen MR) is 94.8 cm³/mol. The number of nitrogens with one attached hydrogen (secondary N) is 2. The van der Waals surface area contributed by atoms with Crippen molar-refractivity contribution in [3.8, 4) is 0 Å². The lowest BCUT2D eigenvalue weighted by atomic mass is 9.99. The molecule has 2 aliphatic heterocycles. The lowest BCUT2D eigenvalue weighted by Crippen LogP contribution is -2.61. The zero-order valence-corrected chi connectivity index (χ0v) is 15.6. The summed E-state index contributed by atoms with van der Waals surface area (Å²) in [5, 5.41) is 10.9. The van der Waals surface area contributed by atoms with Gasteiger partial charge >= 0.3 is 0 Å². The molecule has 2 saturated heterocycles. The molecule has 0 aliphatic carbocycles. The molecule has 0 aromatic carbocycles. The van der Waals surface area contributed by atoms with E-state index in [0.717, 1.165) is 12.2 Å². The Balaban J connectivity index is 1.61. The van der Waals surface area contributed by atoms with Crippen LogP contribution in [0.2, 0.25) is 0 Å². The first kappa shape index (κ1) is 17.9. The second-order valence-corrected chi connectivity index (χ2v) is 7.61. The summed E-state index contributed by atoms with van der Waals surface area (Å²) in [5.74, 6) is 0.433. The fourth-order valence-electron chi connectivity index (χ4n) is 3.79. The molecule has 2 N–H and O–H groups in total. The molecule has 0 saturated carbocycles. The van der Waals surface area contributed by atoms with Crippen LogP contribution in [0.25, 0.3) is 0 Å². The molecular formula is C18H29N5O2. The molecule has 2 amide bonds. The highest BCUT2D eigenvalue weighted by atomic mass is 16.2. The third kappa shape index (κ3) is 3.71. The Morgan fingerprint density at radius 2 is 2.16 bits per heavy atom. The second-order valence-electron chi connectivity index (χ2n) is 7.61. The molecule has 0 unspecified atom stereocenters. The van der Waals surface area contributed by atoms with Gasteiger partial charge in [0.1, 0.15) is 12.1 Å². The second kappa shape index (κ2) is 7.15. The van der Waals surface area contributed by atoms with Crippen molar-refractivity contribution in [1.82, 2.24) is 25.3 Å². The number of piperazine rings is 1. The van der Waals surface area contributed by atoms with E-state index in [4.69, 9.17) is 0 Å². The Labute approximate surface area is 149 Å². The Hall–Kier alpha value is -1.89. The monoisotopic (exact) mass is 347 g/mol. The molecule has 138 valence electrons. The summed E-state index contributed by atoms with van der Waals surface area (Å²) in [5.41, 5.74) is 2.19. The van der Waals surface area contributed by atoms with Crippen LogP contribution in [0, 0.1) is 12.8 Å².